The Morgan fingerprint density at radius 1 is 0.731 bits per heavy atom. The standard InChI is InChI=1S/C24H15NS/c1-2-10-21-18(6-1)24-22(26-21)12-11-15-14-19-16(20-9-3-4-13-25-20)7-5-8-17(19)23(15)24/h1-13H,14H2. The van der Waals surface area contributed by atoms with Gasteiger partial charge in [-0.3, -0.25) is 4.98 Å². The summed E-state index contributed by atoms with van der Waals surface area (Å²) in [5.74, 6) is 0. The van der Waals surface area contributed by atoms with Crippen molar-refractivity contribution in [3.63, 3.8) is 0 Å². The van der Waals surface area contributed by atoms with Crippen LogP contribution in [-0.4, -0.2) is 4.98 Å². The number of aromatic nitrogens is 1. The van der Waals surface area contributed by atoms with E-state index in [-0.39, 0.29) is 0 Å². The Kier molecular flexibility index (Phi) is 2.88. The minimum absolute atomic E-state index is 0.984. The minimum atomic E-state index is 0.984. The summed E-state index contributed by atoms with van der Waals surface area (Å²) in [5, 5.41) is 2.79. The Hall–Kier alpha value is -2.97. The summed E-state index contributed by atoms with van der Waals surface area (Å²) in [6, 6.07) is 26.2. The van der Waals surface area contributed by atoms with Crippen LogP contribution in [0.15, 0.2) is 79.0 Å². The molecular weight excluding hydrogens is 334 g/mol. The van der Waals surface area contributed by atoms with Gasteiger partial charge in [0.05, 0.1) is 5.69 Å². The molecule has 0 unspecified atom stereocenters. The molecule has 6 rings (SSSR count). The van der Waals surface area contributed by atoms with Crippen LogP contribution in [0.3, 0.4) is 0 Å². The number of pyridine rings is 1. The number of nitrogens with zero attached hydrogens (tertiary/aromatic N) is 1. The maximum Gasteiger partial charge on any atom is 0.0705 e. The third-order valence-electron chi connectivity index (χ3n) is 5.38. The summed E-state index contributed by atoms with van der Waals surface area (Å²) in [6.07, 6.45) is 2.86. The lowest BCUT2D eigenvalue weighted by atomic mass is 9.97. The van der Waals surface area contributed by atoms with Crippen LogP contribution in [0.5, 0.6) is 0 Å². The second kappa shape index (κ2) is 5.26. The van der Waals surface area contributed by atoms with Gasteiger partial charge in [-0.25, -0.2) is 0 Å². The van der Waals surface area contributed by atoms with Gasteiger partial charge in [0.2, 0.25) is 0 Å². The molecule has 5 aromatic rings. The molecule has 0 bridgehead atoms. The molecular formula is C24H15NS. The molecule has 0 amide bonds. The van der Waals surface area contributed by atoms with E-state index in [9.17, 15) is 0 Å². The second-order valence-electron chi connectivity index (χ2n) is 6.79. The zero-order chi connectivity index (χ0) is 17.1. The Balaban J connectivity index is 1.70. The fourth-order valence-corrected chi connectivity index (χ4v) is 5.39. The molecule has 1 nitrogen and oxygen atoms in total. The van der Waals surface area contributed by atoms with Gasteiger partial charge < -0.3 is 0 Å². The van der Waals surface area contributed by atoms with E-state index < -0.39 is 0 Å². The van der Waals surface area contributed by atoms with Crippen LogP contribution in [0.1, 0.15) is 11.1 Å². The maximum absolute atomic E-state index is 4.59. The normalized spacial score (nSPS) is 12.5. The van der Waals surface area contributed by atoms with Gasteiger partial charge in [-0.05, 0) is 52.9 Å². The lowest BCUT2D eigenvalue weighted by Gasteiger charge is -2.08. The highest BCUT2D eigenvalue weighted by atomic mass is 32.1. The van der Waals surface area contributed by atoms with Crippen molar-refractivity contribution in [2.75, 3.05) is 0 Å². The Labute approximate surface area is 155 Å². The predicted molar refractivity (Wildman–Crippen MR) is 111 cm³/mol. The van der Waals surface area contributed by atoms with Crippen LogP contribution in [0.25, 0.3) is 42.6 Å². The molecule has 2 heteroatoms. The average Bonchev–Trinajstić information content (AvgIpc) is 3.26. The molecule has 0 radical (unpaired) electrons. The maximum atomic E-state index is 4.59. The number of benzene rings is 3. The number of hydrogen-bond donors (Lipinski definition) is 0. The van der Waals surface area contributed by atoms with E-state index in [2.05, 4.69) is 71.7 Å². The van der Waals surface area contributed by atoms with Gasteiger partial charge >= 0.3 is 0 Å². The number of hydrogen-bond acceptors (Lipinski definition) is 2. The largest absolute Gasteiger partial charge is 0.256 e. The van der Waals surface area contributed by atoms with Crippen molar-refractivity contribution in [3.05, 3.63) is 90.1 Å². The summed E-state index contributed by atoms with van der Waals surface area (Å²) in [4.78, 5) is 4.59. The van der Waals surface area contributed by atoms with Gasteiger partial charge in [0.1, 0.15) is 0 Å². The molecule has 122 valence electrons. The van der Waals surface area contributed by atoms with Crippen LogP contribution < -0.4 is 0 Å². The van der Waals surface area contributed by atoms with Crippen LogP contribution >= 0.6 is 11.3 Å². The van der Waals surface area contributed by atoms with Crippen LogP contribution in [0.4, 0.5) is 0 Å². The Morgan fingerprint density at radius 2 is 1.62 bits per heavy atom. The van der Waals surface area contributed by atoms with Gasteiger partial charge in [-0.2, -0.15) is 0 Å². The fourth-order valence-electron chi connectivity index (χ4n) is 4.28. The lowest BCUT2D eigenvalue weighted by Crippen LogP contribution is -1.89. The lowest BCUT2D eigenvalue weighted by molar-refractivity contribution is 1.24. The van der Waals surface area contributed by atoms with E-state index in [1.807, 2.05) is 23.6 Å². The quantitative estimate of drug-likeness (QED) is 0.322. The third-order valence-corrected chi connectivity index (χ3v) is 6.52. The van der Waals surface area contributed by atoms with Gasteiger partial charge in [0.15, 0.2) is 0 Å². The Bertz CT molecular complexity index is 1300. The number of thiophene rings is 1. The van der Waals surface area contributed by atoms with E-state index in [0.29, 0.717) is 0 Å². The minimum Gasteiger partial charge on any atom is -0.256 e. The highest BCUT2D eigenvalue weighted by Crippen LogP contribution is 2.48. The first-order valence-electron chi connectivity index (χ1n) is 8.87. The van der Waals surface area contributed by atoms with Crippen molar-refractivity contribution < 1.29 is 0 Å². The summed E-state index contributed by atoms with van der Waals surface area (Å²) < 4.78 is 2.74. The topological polar surface area (TPSA) is 12.9 Å². The van der Waals surface area contributed by atoms with Crippen molar-refractivity contribution in [3.8, 4) is 22.4 Å². The fraction of sp³-hybridized carbons (Fsp3) is 0.0417. The number of fused-ring (bicyclic) bond motifs is 7. The highest BCUT2D eigenvalue weighted by molar-refractivity contribution is 7.25. The van der Waals surface area contributed by atoms with Crippen molar-refractivity contribution >= 4 is 31.5 Å². The van der Waals surface area contributed by atoms with E-state index in [1.54, 1.807) is 0 Å². The van der Waals surface area contributed by atoms with E-state index in [1.165, 1.54) is 48.0 Å². The molecule has 0 saturated carbocycles. The molecule has 1 aliphatic carbocycles. The third kappa shape index (κ3) is 1.88. The molecule has 0 fully saturated rings. The van der Waals surface area contributed by atoms with Crippen molar-refractivity contribution in [2.45, 2.75) is 6.42 Å². The summed E-state index contributed by atoms with van der Waals surface area (Å²) >= 11 is 1.89. The zero-order valence-electron chi connectivity index (χ0n) is 14.1. The first-order valence-corrected chi connectivity index (χ1v) is 9.68. The SMILES string of the molecule is c1ccc(-c2cccc3c2Cc2ccc4sc5ccccc5c4c2-3)nc1. The summed E-state index contributed by atoms with van der Waals surface area (Å²) in [6.45, 7) is 0. The van der Waals surface area contributed by atoms with E-state index >= 15 is 0 Å². The second-order valence-corrected chi connectivity index (χ2v) is 7.88. The van der Waals surface area contributed by atoms with Crippen LogP contribution in [0, 0.1) is 0 Å². The number of rotatable bonds is 1. The zero-order valence-corrected chi connectivity index (χ0v) is 14.9. The van der Waals surface area contributed by atoms with Crippen molar-refractivity contribution in [1.82, 2.24) is 4.98 Å². The molecule has 2 heterocycles. The summed E-state index contributed by atoms with van der Waals surface area (Å²) in [5.41, 5.74) is 7.95. The van der Waals surface area contributed by atoms with Gasteiger partial charge in [0, 0.05) is 31.9 Å². The van der Waals surface area contributed by atoms with Crippen LogP contribution in [-0.2, 0) is 6.42 Å². The van der Waals surface area contributed by atoms with Gasteiger partial charge in [0.25, 0.3) is 0 Å². The molecule has 0 atom stereocenters. The van der Waals surface area contributed by atoms with Crippen LogP contribution in [0.2, 0.25) is 0 Å². The molecule has 0 spiro atoms. The monoisotopic (exact) mass is 349 g/mol. The van der Waals surface area contributed by atoms with E-state index in [4.69, 9.17) is 0 Å². The van der Waals surface area contributed by atoms with E-state index in [0.717, 1.165) is 12.1 Å². The molecule has 3 aromatic carbocycles. The summed E-state index contributed by atoms with van der Waals surface area (Å²) in [7, 11) is 0. The van der Waals surface area contributed by atoms with Gasteiger partial charge in [-0.15, -0.1) is 11.3 Å². The predicted octanol–water partition coefficient (Wildman–Crippen LogP) is 6.69. The smallest absolute Gasteiger partial charge is 0.0705 e. The highest BCUT2D eigenvalue weighted by Gasteiger charge is 2.25. The molecule has 26 heavy (non-hydrogen) atoms. The van der Waals surface area contributed by atoms with Crippen molar-refractivity contribution in [2.24, 2.45) is 0 Å². The first-order chi connectivity index (χ1) is 12.9. The molecule has 0 N–H and O–H groups in total. The molecule has 0 saturated heterocycles. The first kappa shape index (κ1) is 14.2. The Morgan fingerprint density at radius 3 is 2.54 bits per heavy atom. The van der Waals surface area contributed by atoms with Gasteiger partial charge in [-0.1, -0.05) is 48.5 Å². The molecule has 1 aliphatic rings. The molecule has 0 aliphatic heterocycles. The molecule has 2 aromatic heterocycles. The average molecular weight is 349 g/mol. The van der Waals surface area contributed by atoms with Crippen molar-refractivity contribution in [1.29, 1.82) is 0 Å².